The Morgan fingerprint density at radius 3 is 2.57 bits per heavy atom. The van der Waals surface area contributed by atoms with E-state index in [-0.39, 0.29) is 24.0 Å². The van der Waals surface area contributed by atoms with Gasteiger partial charge in [-0.1, -0.05) is 0 Å². The van der Waals surface area contributed by atoms with Crippen LogP contribution >= 0.6 is 0 Å². The number of imidazole rings is 1. The molecular weight excluding hydrogens is 396 g/mol. The minimum absolute atomic E-state index is 0.00388. The molecule has 3 heterocycles. The molecule has 4 rings (SSSR count). The summed E-state index contributed by atoms with van der Waals surface area (Å²) in [6.07, 6.45) is 2.23. The zero-order valence-corrected chi connectivity index (χ0v) is 16.2. The molecule has 1 atom stereocenters. The molecule has 1 fully saturated rings. The third-order valence-corrected chi connectivity index (χ3v) is 5.15. The summed E-state index contributed by atoms with van der Waals surface area (Å²) in [7, 11) is 0. The Labute approximate surface area is 171 Å². The molecule has 1 amide bonds. The van der Waals surface area contributed by atoms with Gasteiger partial charge in [0.25, 0.3) is 0 Å². The Kier molecular flexibility index (Phi) is 5.59. The van der Waals surface area contributed by atoms with Crippen molar-refractivity contribution in [3.63, 3.8) is 0 Å². The van der Waals surface area contributed by atoms with E-state index in [2.05, 4.69) is 4.98 Å². The Balaban J connectivity index is 1.24. The van der Waals surface area contributed by atoms with Gasteiger partial charge in [0.1, 0.15) is 36.5 Å². The van der Waals surface area contributed by atoms with Crippen LogP contribution in [-0.2, 0) is 6.54 Å². The Hall–Kier alpha value is -3.50. The maximum Gasteiger partial charge on any atom is 0.414 e. The van der Waals surface area contributed by atoms with Gasteiger partial charge in [-0.3, -0.25) is 4.57 Å². The first-order valence-electron chi connectivity index (χ1n) is 9.73. The minimum atomic E-state index is -0.890. The van der Waals surface area contributed by atoms with Crippen LogP contribution in [0.3, 0.4) is 0 Å². The summed E-state index contributed by atoms with van der Waals surface area (Å²) in [5.74, 6) is 1.14. The van der Waals surface area contributed by atoms with E-state index >= 15 is 0 Å². The highest BCUT2D eigenvalue weighted by atomic mass is 16.6. The number of aromatic nitrogens is 2. The summed E-state index contributed by atoms with van der Waals surface area (Å²) in [5, 5.41) is 19.8. The quantitative estimate of drug-likeness (QED) is 0.560. The molecule has 0 unspecified atom stereocenters. The number of hydrogen-bond donors (Lipinski definition) is 1. The van der Waals surface area contributed by atoms with Gasteiger partial charge in [-0.15, -0.1) is 0 Å². The standard InChI is InChI=1S/C19H22N4O7/c24-19(25)21-8-5-15(6-9-21)29-14-3-1-13(2-4-14)28-12-16-7-10-22-11-17(23(26)27)20-18(22)30-16/h1-4,11,15-16H,5-10,12H2,(H,24,25)/t16-/m1/s1. The second kappa shape index (κ2) is 8.47. The van der Waals surface area contributed by atoms with E-state index < -0.39 is 11.0 Å². The average molecular weight is 418 g/mol. The van der Waals surface area contributed by atoms with Crippen LogP contribution in [0, 0.1) is 10.1 Å². The van der Waals surface area contributed by atoms with E-state index in [0.29, 0.717) is 57.0 Å². The minimum Gasteiger partial charge on any atom is -0.490 e. The molecular formula is C19H22N4O7. The lowest BCUT2D eigenvalue weighted by molar-refractivity contribution is -0.389. The molecule has 0 saturated carbocycles. The summed E-state index contributed by atoms with van der Waals surface area (Å²) in [6.45, 7) is 1.83. The molecule has 0 bridgehead atoms. The van der Waals surface area contributed by atoms with E-state index in [1.165, 1.54) is 11.1 Å². The highest BCUT2D eigenvalue weighted by molar-refractivity contribution is 5.65. The summed E-state index contributed by atoms with van der Waals surface area (Å²) in [4.78, 5) is 26.5. The molecule has 0 radical (unpaired) electrons. The summed E-state index contributed by atoms with van der Waals surface area (Å²) >= 11 is 0. The monoisotopic (exact) mass is 418 g/mol. The van der Waals surface area contributed by atoms with Crippen molar-refractivity contribution in [1.29, 1.82) is 0 Å². The van der Waals surface area contributed by atoms with Crippen LogP contribution in [0.15, 0.2) is 30.5 Å². The first kappa shape index (κ1) is 19.8. The number of nitro groups is 1. The molecule has 30 heavy (non-hydrogen) atoms. The Bertz CT molecular complexity index is 906. The number of carbonyl (C=O) groups is 1. The molecule has 1 aromatic heterocycles. The molecule has 0 aliphatic carbocycles. The smallest absolute Gasteiger partial charge is 0.414 e. The number of carboxylic acid groups (broad SMARTS) is 1. The fraction of sp³-hybridized carbons (Fsp3) is 0.474. The molecule has 0 spiro atoms. The van der Waals surface area contributed by atoms with Crippen LogP contribution in [0.2, 0.25) is 0 Å². The van der Waals surface area contributed by atoms with Gasteiger partial charge in [0, 0.05) is 43.9 Å². The van der Waals surface area contributed by atoms with Crippen molar-refractivity contribution in [3.8, 4) is 17.5 Å². The highest BCUT2D eigenvalue weighted by Crippen LogP contribution is 2.26. The van der Waals surface area contributed by atoms with Crippen molar-refractivity contribution >= 4 is 11.9 Å². The maximum absolute atomic E-state index is 11.0. The third kappa shape index (κ3) is 4.56. The van der Waals surface area contributed by atoms with Crippen molar-refractivity contribution in [3.05, 3.63) is 40.6 Å². The average Bonchev–Trinajstić information content (AvgIpc) is 3.17. The van der Waals surface area contributed by atoms with Gasteiger partial charge in [0.2, 0.25) is 0 Å². The number of amides is 1. The number of piperidine rings is 1. The van der Waals surface area contributed by atoms with Crippen LogP contribution in [0.5, 0.6) is 17.5 Å². The van der Waals surface area contributed by atoms with E-state index in [1.54, 1.807) is 16.7 Å². The molecule has 1 aromatic carbocycles. The first-order valence-corrected chi connectivity index (χ1v) is 9.73. The molecule has 11 nitrogen and oxygen atoms in total. The van der Waals surface area contributed by atoms with Gasteiger partial charge in [0.05, 0.1) is 0 Å². The predicted octanol–water partition coefficient (Wildman–Crippen LogP) is 2.54. The van der Waals surface area contributed by atoms with Gasteiger partial charge >= 0.3 is 17.9 Å². The van der Waals surface area contributed by atoms with Crippen molar-refractivity contribution < 1.29 is 29.0 Å². The fourth-order valence-corrected chi connectivity index (χ4v) is 3.50. The van der Waals surface area contributed by atoms with Crippen molar-refractivity contribution in [1.82, 2.24) is 14.5 Å². The van der Waals surface area contributed by atoms with E-state index in [0.717, 1.165) is 0 Å². The molecule has 160 valence electrons. The largest absolute Gasteiger partial charge is 0.490 e. The number of benzene rings is 1. The van der Waals surface area contributed by atoms with Crippen LogP contribution in [-0.4, -0.2) is 62.5 Å². The van der Waals surface area contributed by atoms with Crippen LogP contribution in [0.4, 0.5) is 10.6 Å². The molecule has 2 aromatic rings. The van der Waals surface area contributed by atoms with Gasteiger partial charge < -0.3 is 34.3 Å². The Morgan fingerprint density at radius 2 is 1.90 bits per heavy atom. The third-order valence-electron chi connectivity index (χ3n) is 5.15. The van der Waals surface area contributed by atoms with Crippen LogP contribution in [0.25, 0.3) is 0 Å². The number of fused-ring (bicyclic) bond motifs is 1. The summed E-state index contributed by atoms with van der Waals surface area (Å²) < 4.78 is 19.0. The van der Waals surface area contributed by atoms with Gasteiger partial charge in [-0.25, -0.2) is 4.79 Å². The Morgan fingerprint density at radius 1 is 1.20 bits per heavy atom. The summed E-state index contributed by atoms with van der Waals surface area (Å²) in [5.41, 5.74) is 0. The number of rotatable bonds is 6. The van der Waals surface area contributed by atoms with E-state index in [1.807, 2.05) is 12.1 Å². The maximum atomic E-state index is 11.0. The lowest BCUT2D eigenvalue weighted by Crippen LogP contribution is -2.41. The first-order chi connectivity index (χ1) is 14.5. The highest BCUT2D eigenvalue weighted by Gasteiger charge is 2.28. The van der Waals surface area contributed by atoms with E-state index in [9.17, 15) is 14.9 Å². The van der Waals surface area contributed by atoms with Crippen molar-refractivity contribution in [2.45, 2.75) is 38.0 Å². The lowest BCUT2D eigenvalue weighted by Gasteiger charge is -2.30. The van der Waals surface area contributed by atoms with Gasteiger partial charge in [0.15, 0.2) is 0 Å². The number of ether oxygens (including phenoxy) is 3. The number of aryl methyl sites for hydroxylation is 1. The molecule has 2 aliphatic rings. The van der Waals surface area contributed by atoms with Crippen molar-refractivity contribution in [2.24, 2.45) is 0 Å². The molecule has 2 aliphatic heterocycles. The zero-order valence-electron chi connectivity index (χ0n) is 16.2. The van der Waals surface area contributed by atoms with Crippen LogP contribution < -0.4 is 14.2 Å². The lowest BCUT2D eigenvalue weighted by atomic mass is 10.1. The van der Waals surface area contributed by atoms with Gasteiger partial charge in [-0.2, -0.15) is 0 Å². The molecule has 11 heteroatoms. The number of likely N-dealkylation sites (tertiary alicyclic amines) is 1. The van der Waals surface area contributed by atoms with E-state index in [4.69, 9.17) is 19.3 Å². The SMILES string of the molecule is O=C(O)N1CCC(Oc2ccc(OC[C@H]3CCn4cc([N+](=O)[O-])nc4O3)cc2)CC1. The van der Waals surface area contributed by atoms with Crippen LogP contribution in [0.1, 0.15) is 19.3 Å². The zero-order chi connectivity index (χ0) is 21.1. The molecule has 1 N–H and O–H groups in total. The number of nitrogens with zero attached hydrogens (tertiary/aromatic N) is 4. The normalized spacial score (nSPS) is 18.9. The summed E-state index contributed by atoms with van der Waals surface area (Å²) in [6, 6.07) is 7.47. The second-order valence-corrected chi connectivity index (χ2v) is 7.23. The molecule has 1 saturated heterocycles. The predicted molar refractivity (Wildman–Crippen MR) is 103 cm³/mol. The second-order valence-electron chi connectivity index (χ2n) is 7.23. The topological polar surface area (TPSA) is 129 Å². The van der Waals surface area contributed by atoms with Gasteiger partial charge in [-0.05, 0) is 29.2 Å². The fourth-order valence-electron chi connectivity index (χ4n) is 3.50. The van der Waals surface area contributed by atoms with Crippen molar-refractivity contribution in [2.75, 3.05) is 19.7 Å². The number of hydrogen-bond acceptors (Lipinski definition) is 7.